The van der Waals surface area contributed by atoms with E-state index >= 15 is 0 Å². The second-order valence-corrected chi connectivity index (χ2v) is 2.94. The Hall–Kier alpha value is -1.35. The van der Waals surface area contributed by atoms with Gasteiger partial charge in [0.2, 0.25) is 0 Å². The van der Waals surface area contributed by atoms with Crippen molar-refractivity contribution in [2.45, 2.75) is 13.3 Å². The lowest BCUT2D eigenvalue weighted by molar-refractivity contribution is -0.134. The molecule has 0 saturated heterocycles. The summed E-state index contributed by atoms with van der Waals surface area (Å²) in [4.78, 5) is 21.9. The molecule has 0 aliphatic heterocycles. The summed E-state index contributed by atoms with van der Waals surface area (Å²) >= 11 is 5.30. The zero-order chi connectivity index (χ0) is 10.6. The first-order valence-electron chi connectivity index (χ1n) is 4.14. The predicted octanol–water partition coefficient (Wildman–Crippen LogP) is 2.38. The Morgan fingerprint density at radius 1 is 1.36 bits per heavy atom. The van der Waals surface area contributed by atoms with E-state index < -0.39 is 11.2 Å². The molecule has 0 N–H and O–H groups in total. The Kier molecular flexibility index (Phi) is 3.65. The first kappa shape index (κ1) is 10.7. The van der Waals surface area contributed by atoms with Crippen LogP contribution in [-0.4, -0.2) is 11.2 Å². The average Bonchev–Trinajstić information content (AvgIpc) is 2.18. The van der Waals surface area contributed by atoms with Gasteiger partial charge in [0, 0.05) is 6.42 Å². The van der Waals surface area contributed by atoms with Crippen molar-refractivity contribution in [3.05, 3.63) is 29.8 Å². The molecule has 0 unspecified atom stereocenters. The fraction of sp³-hybridized carbons (Fsp3) is 0.200. The van der Waals surface area contributed by atoms with Crippen LogP contribution in [0.3, 0.4) is 0 Å². The minimum absolute atomic E-state index is 0.205. The van der Waals surface area contributed by atoms with Gasteiger partial charge in [0.25, 0.3) is 5.24 Å². The lowest BCUT2D eigenvalue weighted by Gasteiger charge is -2.05. The Morgan fingerprint density at radius 2 is 2.00 bits per heavy atom. The van der Waals surface area contributed by atoms with Crippen LogP contribution in [0.5, 0.6) is 5.75 Å². The number of hydrogen-bond acceptors (Lipinski definition) is 3. The summed E-state index contributed by atoms with van der Waals surface area (Å²) in [6.45, 7) is 1.67. The summed E-state index contributed by atoms with van der Waals surface area (Å²) in [5.74, 6) is -0.185. The van der Waals surface area contributed by atoms with Crippen LogP contribution in [0.1, 0.15) is 23.7 Å². The first-order chi connectivity index (χ1) is 6.65. The highest BCUT2D eigenvalue weighted by Gasteiger charge is 2.11. The van der Waals surface area contributed by atoms with Gasteiger partial charge in [-0.25, -0.2) is 0 Å². The van der Waals surface area contributed by atoms with E-state index in [4.69, 9.17) is 16.3 Å². The van der Waals surface area contributed by atoms with E-state index in [1.54, 1.807) is 19.1 Å². The van der Waals surface area contributed by atoms with Crippen LogP contribution < -0.4 is 4.74 Å². The molecule has 4 heteroatoms. The summed E-state index contributed by atoms with van der Waals surface area (Å²) in [5.41, 5.74) is 0.205. The Labute approximate surface area is 86.6 Å². The largest absolute Gasteiger partial charge is 0.426 e. The maximum absolute atomic E-state index is 11.0. The number of benzene rings is 1. The third kappa shape index (κ3) is 2.57. The molecule has 1 aromatic carbocycles. The molecule has 1 aromatic rings. The molecule has 0 radical (unpaired) electrons. The monoisotopic (exact) mass is 212 g/mol. The van der Waals surface area contributed by atoms with Gasteiger partial charge in [-0.1, -0.05) is 19.1 Å². The number of ether oxygens (including phenoxy) is 1. The maximum Gasteiger partial charge on any atom is 0.310 e. The fourth-order valence-electron chi connectivity index (χ4n) is 0.913. The number of carbonyl (C=O) groups excluding carboxylic acids is 2. The van der Waals surface area contributed by atoms with E-state index in [2.05, 4.69) is 0 Å². The topological polar surface area (TPSA) is 43.4 Å². The molecule has 0 heterocycles. The third-order valence-electron chi connectivity index (χ3n) is 1.61. The van der Waals surface area contributed by atoms with E-state index in [0.29, 0.717) is 0 Å². The predicted molar refractivity (Wildman–Crippen MR) is 52.6 cm³/mol. The summed E-state index contributed by atoms with van der Waals surface area (Å²) in [6, 6.07) is 6.36. The minimum atomic E-state index is -0.635. The summed E-state index contributed by atoms with van der Waals surface area (Å²) in [7, 11) is 0. The van der Waals surface area contributed by atoms with Crippen LogP contribution in [0.2, 0.25) is 0 Å². The second-order valence-electron chi connectivity index (χ2n) is 2.60. The highest BCUT2D eigenvalue weighted by molar-refractivity contribution is 6.68. The molecule has 0 bridgehead atoms. The lowest BCUT2D eigenvalue weighted by atomic mass is 10.2. The lowest BCUT2D eigenvalue weighted by Crippen LogP contribution is -2.08. The van der Waals surface area contributed by atoms with Gasteiger partial charge in [-0.15, -0.1) is 0 Å². The highest BCUT2D eigenvalue weighted by Crippen LogP contribution is 2.20. The average molecular weight is 213 g/mol. The van der Waals surface area contributed by atoms with Gasteiger partial charge in [0.05, 0.1) is 5.56 Å². The van der Waals surface area contributed by atoms with Gasteiger partial charge in [-0.2, -0.15) is 0 Å². The van der Waals surface area contributed by atoms with Gasteiger partial charge < -0.3 is 4.74 Å². The van der Waals surface area contributed by atoms with Crippen molar-refractivity contribution in [1.29, 1.82) is 0 Å². The zero-order valence-electron chi connectivity index (χ0n) is 7.62. The highest BCUT2D eigenvalue weighted by atomic mass is 35.5. The molecule has 0 aromatic heterocycles. The summed E-state index contributed by atoms with van der Waals surface area (Å²) < 4.78 is 4.91. The molecule has 14 heavy (non-hydrogen) atoms. The third-order valence-corrected chi connectivity index (χ3v) is 1.81. The second kappa shape index (κ2) is 4.77. The SMILES string of the molecule is CCC(=O)Oc1ccccc1C(=O)Cl. The van der Waals surface area contributed by atoms with Crippen molar-refractivity contribution in [2.24, 2.45) is 0 Å². The Morgan fingerprint density at radius 3 is 2.57 bits per heavy atom. The molecule has 74 valence electrons. The fourth-order valence-corrected chi connectivity index (χ4v) is 1.07. The van der Waals surface area contributed by atoms with Gasteiger partial charge in [0.15, 0.2) is 0 Å². The van der Waals surface area contributed by atoms with Gasteiger partial charge in [-0.3, -0.25) is 9.59 Å². The normalized spacial score (nSPS) is 9.57. The molecular formula is C10H9ClO3. The standard InChI is InChI=1S/C10H9ClO3/c1-2-9(12)14-8-6-4-3-5-7(8)10(11)13/h3-6H,2H2,1H3. The van der Waals surface area contributed by atoms with Crippen molar-refractivity contribution in [3.63, 3.8) is 0 Å². The quantitative estimate of drug-likeness (QED) is 0.439. The molecule has 0 atom stereocenters. The molecule has 0 amide bonds. The Balaban J connectivity index is 2.95. The number of esters is 1. The number of para-hydroxylation sites is 1. The smallest absolute Gasteiger partial charge is 0.310 e. The van der Waals surface area contributed by atoms with Crippen molar-refractivity contribution in [3.8, 4) is 5.75 Å². The van der Waals surface area contributed by atoms with E-state index in [-0.39, 0.29) is 17.7 Å². The van der Waals surface area contributed by atoms with Crippen LogP contribution in [0, 0.1) is 0 Å². The van der Waals surface area contributed by atoms with Gasteiger partial charge in [0.1, 0.15) is 5.75 Å². The number of carbonyl (C=O) groups is 2. The van der Waals surface area contributed by atoms with Crippen LogP contribution in [0.15, 0.2) is 24.3 Å². The number of hydrogen-bond donors (Lipinski definition) is 0. The zero-order valence-corrected chi connectivity index (χ0v) is 8.38. The van der Waals surface area contributed by atoms with E-state index in [0.717, 1.165) is 0 Å². The number of halogens is 1. The van der Waals surface area contributed by atoms with Crippen molar-refractivity contribution in [2.75, 3.05) is 0 Å². The maximum atomic E-state index is 11.0. The van der Waals surface area contributed by atoms with Gasteiger partial charge >= 0.3 is 5.97 Å². The van der Waals surface area contributed by atoms with E-state index in [1.807, 2.05) is 0 Å². The van der Waals surface area contributed by atoms with Crippen molar-refractivity contribution >= 4 is 22.8 Å². The van der Waals surface area contributed by atoms with Crippen molar-refractivity contribution < 1.29 is 14.3 Å². The summed E-state index contributed by atoms with van der Waals surface area (Å²) in [5, 5.41) is -0.635. The Bertz CT molecular complexity index is 360. The number of rotatable bonds is 3. The van der Waals surface area contributed by atoms with Crippen LogP contribution >= 0.6 is 11.6 Å². The first-order valence-corrected chi connectivity index (χ1v) is 4.52. The minimum Gasteiger partial charge on any atom is -0.426 e. The molecule has 0 aliphatic rings. The summed E-state index contributed by atoms with van der Waals surface area (Å²) in [6.07, 6.45) is 0.255. The molecule has 0 fully saturated rings. The molecule has 0 saturated carbocycles. The molecule has 0 spiro atoms. The van der Waals surface area contributed by atoms with Crippen molar-refractivity contribution in [1.82, 2.24) is 0 Å². The van der Waals surface area contributed by atoms with E-state index in [1.165, 1.54) is 12.1 Å². The van der Waals surface area contributed by atoms with Crippen LogP contribution in [-0.2, 0) is 4.79 Å². The molecular weight excluding hydrogens is 204 g/mol. The van der Waals surface area contributed by atoms with Crippen LogP contribution in [0.25, 0.3) is 0 Å². The molecule has 1 rings (SSSR count). The van der Waals surface area contributed by atoms with Crippen LogP contribution in [0.4, 0.5) is 0 Å². The molecule has 0 aliphatic carbocycles. The van der Waals surface area contributed by atoms with E-state index in [9.17, 15) is 9.59 Å². The van der Waals surface area contributed by atoms with Gasteiger partial charge in [-0.05, 0) is 23.7 Å². The molecule has 3 nitrogen and oxygen atoms in total.